The minimum absolute atomic E-state index is 0.0697. The number of allylic oxidation sites excluding steroid dienone is 2. The lowest BCUT2D eigenvalue weighted by Gasteiger charge is -2.15. The molecule has 4 rings (SSSR count). The molecule has 0 aliphatic carbocycles. The predicted molar refractivity (Wildman–Crippen MR) is 157 cm³/mol. The smallest absolute Gasteiger partial charge is 0.358 e. The molecule has 0 radical (unpaired) electrons. The van der Waals surface area contributed by atoms with Crippen molar-refractivity contribution in [3.63, 3.8) is 0 Å². The number of anilines is 1. The molecule has 260 valence electrons. The molecule has 0 atom stereocenters. The van der Waals surface area contributed by atoms with E-state index in [1.165, 1.54) is 0 Å². The fraction of sp³-hybridized carbons (Fsp3) is 0. The van der Waals surface area contributed by atoms with Crippen molar-refractivity contribution in [3.05, 3.63) is 71.4 Å². The van der Waals surface area contributed by atoms with Crippen LogP contribution in [0.25, 0.3) is 6.08 Å². The van der Waals surface area contributed by atoms with Gasteiger partial charge < -0.3 is 15.3 Å². The second kappa shape index (κ2) is 12.5. The highest BCUT2D eigenvalue weighted by Gasteiger charge is 2.38. The maximum absolute atomic E-state index is 13.2. The van der Waals surface area contributed by atoms with E-state index in [0.717, 1.165) is 6.08 Å². The summed E-state index contributed by atoms with van der Waals surface area (Å²) in [7, 11) is -19.9. The summed E-state index contributed by atoms with van der Waals surface area (Å²) in [4.78, 5) is 33.1. The van der Waals surface area contributed by atoms with Gasteiger partial charge in [0.25, 0.3) is 42.1 Å². The van der Waals surface area contributed by atoms with Crippen molar-refractivity contribution in [2.75, 3.05) is 5.01 Å². The summed E-state index contributed by atoms with van der Waals surface area (Å²) in [5.74, 6) is -6.50. The number of amides is 1. The molecule has 1 aliphatic heterocycles. The van der Waals surface area contributed by atoms with Crippen molar-refractivity contribution in [3.8, 4) is 5.88 Å². The Kier molecular flexibility index (Phi) is 9.27. The molecule has 0 unspecified atom stereocenters. The van der Waals surface area contributed by atoms with Crippen LogP contribution >= 0.6 is 0 Å². The molecule has 0 saturated carbocycles. The summed E-state index contributed by atoms with van der Waals surface area (Å²) in [5.41, 5.74) is -4.81. The monoisotopic (exact) mass is 764 g/mol. The van der Waals surface area contributed by atoms with E-state index >= 15 is 0 Å². The molecule has 2 aromatic carbocycles. The third kappa shape index (κ3) is 7.48. The average molecular weight is 765 g/mol. The number of nitrogens with zero attached hydrogens (tertiary/aromatic N) is 4. The van der Waals surface area contributed by atoms with Crippen molar-refractivity contribution >= 4 is 75.8 Å². The largest absolute Gasteiger partial charge is 0.491 e. The number of benzene rings is 2. The molecule has 1 aromatic heterocycles. The van der Waals surface area contributed by atoms with E-state index in [0.29, 0.717) is 54.6 Å². The quantitative estimate of drug-likeness (QED) is 0.103. The van der Waals surface area contributed by atoms with E-state index < -0.39 is 112 Å². The fourth-order valence-electron chi connectivity index (χ4n) is 3.85. The molecule has 0 bridgehead atoms. The zero-order valence-electron chi connectivity index (χ0n) is 23.3. The Morgan fingerprint density at radius 3 is 1.84 bits per heavy atom. The molecular weight excluding hydrogens is 749 g/mol. The molecule has 1 amide bonds. The third-order valence-electron chi connectivity index (χ3n) is 5.99. The molecule has 0 spiro atoms. The first-order valence-corrected chi connectivity index (χ1v) is 17.9. The van der Waals surface area contributed by atoms with Gasteiger partial charge in [0.1, 0.15) is 9.79 Å². The molecule has 3 aromatic rings. The number of hydrogen-bond donors (Lipinski definition) is 6. The number of carboxylic acids is 2. The number of rotatable bonds is 11. The summed E-state index contributed by atoms with van der Waals surface area (Å²) in [6, 6.07) is 4.16. The van der Waals surface area contributed by atoms with Crippen LogP contribution in [0.2, 0.25) is 0 Å². The standard InChI is InChI=1S/C23H16N4O18S4/c28-20-14(18(22(30)31)24-26(20)16-10-13(47(37,38)39)8-9-17(16)48(40,41)42)2-1-3-15-19(23(32)33)25-27(21(15)29)45-49(43,44)12-6-4-11(5-7-12)46(34,35)36/h1-10,29H,(H,30,31)(H,32,33)(H,34,35,36)(H,37,38,39)(H,40,41,42). The van der Waals surface area contributed by atoms with Crippen molar-refractivity contribution < 1.29 is 81.3 Å². The van der Waals surface area contributed by atoms with Gasteiger partial charge in [-0.3, -0.25) is 22.7 Å². The summed E-state index contributed by atoms with van der Waals surface area (Å²) >= 11 is 0. The van der Waals surface area contributed by atoms with Crippen molar-refractivity contribution in [2.45, 2.75) is 19.6 Å². The van der Waals surface area contributed by atoms with E-state index in [1.807, 2.05) is 0 Å². The Morgan fingerprint density at radius 2 is 1.33 bits per heavy atom. The number of aromatic hydroxyl groups is 1. The maximum atomic E-state index is 13.2. The summed E-state index contributed by atoms with van der Waals surface area (Å²) in [5, 5.41) is 36.5. The third-order valence-corrected chi connectivity index (χ3v) is 9.80. The van der Waals surface area contributed by atoms with Crippen LogP contribution in [0.4, 0.5) is 5.69 Å². The molecule has 22 nitrogen and oxygen atoms in total. The molecule has 6 N–H and O–H groups in total. The molecule has 2 heterocycles. The van der Waals surface area contributed by atoms with Gasteiger partial charge in [-0.25, -0.2) is 9.59 Å². The van der Waals surface area contributed by atoms with Gasteiger partial charge in [-0.15, -0.1) is 5.10 Å². The van der Waals surface area contributed by atoms with Crippen LogP contribution < -0.4 is 9.29 Å². The molecule has 1 aliphatic rings. The lowest BCUT2D eigenvalue weighted by molar-refractivity contribution is -0.129. The number of carbonyl (C=O) groups excluding carboxylic acids is 1. The summed E-state index contributed by atoms with van der Waals surface area (Å²) < 4.78 is 127. The van der Waals surface area contributed by atoms with Crippen molar-refractivity contribution in [2.24, 2.45) is 5.10 Å². The van der Waals surface area contributed by atoms with Gasteiger partial charge in [-0.05, 0) is 59.5 Å². The van der Waals surface area contributed by atoms with Gasteiger partial charge >= 0.3 is 22.1 Å². The van der Waals surface area contributed by atoms with Crippen LogP contribution in [0.3, 0.4) is 0 Å². The molecule has 49 heavy (non-hydrogen) atoms. The first kappa shape index (κ1) is 36.3. The van der Waals surface area contributed by atoms with Crippen LogP contribution in [-0.2, 0) is 50.1 Å². The van der Waals surface area contributed by atoms with E-state index in [1.54, 1.807) is 0 Å². The topological polar surface area (TPSA) is 352 Å². The highest BCUT2D eigenvalue weighted by atomic mass is 32.2. The average Bonchev–Trinajstić information content (AvgIpc) is 3.47. The van der Waals surface area contributed by atoms with Crippen LogP contribution in [0.5, 0.6) is 5.88 Å². The number of aromatic carboxylic acids is 1. The maximum Gasteiger partial charge on any atom is 0.358 e. The lowest BCUT2D eigenvalue weighted by Crippen LogP contribution is -2.24. The first-order chi connectivity index (χ1) is 22.4. The number of carbonyl (C=O) groups is 3. The van der Waals surface area contributed by atoms with E-state index in [9.17, 15) is 72.5 Å². The number of aliphatic carboxylic acids is 1. The second-order valence-electron chi connectivity index (χ2n) is 9.13. The molecule has 0 saturated heterocycles. The van der Waals surface area contributed by atoms with Gasteiger partial charge in [0.15, 0.2) is 11.4 Å². The van der Waals surface area contributed by atoms with Gasteiger partial charge in [0.05, 0.1) is 26.6 Å². The van der Waals surface area contributed by atoms with Crippen LogP contribution in [0.15, 0.2) is 84.9 Å². The highest BCUT2D eigenvalue weighted by molar-refractivity contribution is 7.87. The summed E-state index contributed by atoms with van der Waals surface area (Å²) in [6.07, 6.45) is 2.08. The SMILES string of the molecule is O=C(O)C1=NN(c2cc(S(=O)(=O)O)ccc2S(=O)(=O)O)C(=O)C1=CC=Cc1c(C(=O)O)nn(OS(=O)(=O)c2ccc(S(=O)(=O)O)cc2)c1O. The summed E-state index contributed by atoms with van der Waals surface area (Å²) in [6.45, 7) is 0. The Balaban J connectivity index is 1.74. The number of aromatic nitrogens is 2. The van der Waals surface area contributed by atoms with Crippen LogP contribution in [0, 0.1) is 0 Å². The van der Waals surface area contributed by atoms with Crippen LogP contribution in [-0.4, -0.2) is 96.2 Å². The van der Waals surface area contributed by atoms with Crippen molar-refractivity contribution in [1.82, 2.24) is 9.94 Å². The number of hydrazone groups is 1. The van der Waals surface area contributed by atoms with E-state index in [-0.39, 0.29) is 9.85 Å². The first-order valence-electron chi connectivity index (χ1n) is 12.2. The molecule has 26 heteroatoms. The lowest BCUT2D eigenvalue weighted by atomic mass is 10.1. The Morgan fingerprint density at radius 1 is 0.776 bits per heavy atom. The zero-order chi connectivity index (χ0) is 36.9. The van der Waals surface area contributed by atoms with Crippen molar-refractivity contribution in [1.29, 1.82) is 0 Å². The Hall–Kier alpha value is -5.51. The van der Waals surface area contributed by atoms with Gasteiger partial charge in [0, 0.05) is 0 Å². The number of hydrogen-bond acceptors (Lipinski definition) is 15. The molecule has 0 fully saturated rings. The number of carboxylic acid groups (broad SMARTS) is 2. The molecular formula is C23H16N4O18S4. The van der Waals surface area contributed by atoms with Gasteiger partial charge in [0.2, 0.25) is 0 Å². The Labute approximate surface area is 273 Å². The van der Waals surface area contributed by atoms with E-state index in [4.69, 9.17) is 4.55 Å². The van der Waals surface area contributed by atoms with Gasteiger partial charge in [-0.1, -0.05) is 6.08 Å². The minimum atomic E-state index is -5.22. The van der Waals surface area contributed by atoms with Gasteiger partial charge in [-0.2, -0.15) is 43.8 Å². The normalized spacial score (nSPS) is 15.2. The highest BCUT2D eigenvalue weighted by Crippen LogP contribution is 2.33. The Bertz CT molecular complexity index is 2480. The predicted octanol–water partition coefficient (Wildman–Crippen LogP) is -0.728. The second-order valence-corrected chi connectivity index (χ2v) is 14.9. The zero-order valence-corrected chi connectivity index (χ0v) is 26.5. The van der Waals surface area contributed by atoms with Crippen LogP contribution in [0.1, 0.15) is 16.1 Å². The minimum Gasteiger partial charge on any atom is -0.491 e. The van der Waals surface area contributed by atoms with E-state index in [2.05, 4.69) is 14.5 Å². The fourth-order valence-corrected chi connectivity index (χ4v) is 6.32.